The Hall–Kier alpha value is -4.02. The van der Waals surface area contributed by atoms with Gasteiger partial charge in [0, 0.05) is 37.6 Å². The lowest BCUT2D eigenvalue weighted by molar-refractivity contribution is 0.156. The predicted molar refractivity (Wildman–Crippen MR) is 115 cm³/mol. The summed E-state index contributed by atoms with van der Waals surface area (Å²) in [5, 5.41) is 13.0. The molecular weight excluding hydrogens is 417 g/mol. The number of rotatable bonds is 6. The molecule has 32 heavy (non-hydrogen) atoms. The number of halogens is 1. The van der Waals surface area contributed by atoms with Gasteiger partial charge < -0.3 is 25.3 Å². The Morgan fingerprint density at radius 3 is 2.59 bits per heavy atom. The average molecular weight is 439 g/mol. The average Bonchev–Trinajstić information content (AvgIpc) is 2.83. The maximum atomic E-state index is 13.2. The van der Waals surface area contributed by atoms with Gasteiger partial charge >= 0.3 is 6.01 Å². The van der Waals surface area contributed by atoms with Gasteiger partial charge in [0.1, 0.15) is 29.7 Å². The number of piperidine rings is 1. The van der Waals surface area contributed by atoms with Crippen LogP contribution >= 0.6 is 0 Å². The lowest BCUT2D eigenvalue weighted by Crippen LogP contribution is -2.39. The SMILES string of the molecule is COc1ccc(/C(=N\O)c2cc(N3CCC(Oc4ncc(F)c(N)n4)CC3)ncn2)cc1. The largest absolute Gasteiger partial charge is 0.497 e. The van der Waals surface area contributed by atoms with E-state index >= 15 is 0 Å². The molecule has 0 amide bonds. The van der Waals surface area contributed by atoms with Gasteiger partial charge in [-0.2, -0.15) is 4.98 Å². The quantitative estimate of drug-likeness (QED) is 0.337. The third-order valence-electron chi connectivity index (χ3n) is 5.15. The maximum absolute atomic E-state index is 13.2. The number of ether oxygens (including phenoxy) is 2. The van der Waals surface area contributed by atoms with Gasteiger partial charge in [0.15, 0.2) is 11.6 Å². The molecule has 0 saturated carbocycles. The molecule has 1 aliphatic heterocycles. The number of hydrogen-bond donors (Lipinski definition) is 2. The molecule has 166 valence electrons. The molecule has 4 rings (SSSR count). The number of anilines is 2. The van der Waals surface area contributed by atoms with Crippen LogP contribution in [0, 0.1) is 5.82 Å². The van der Waals surface area contributed by atoms with Crippen LogP contribution in [0.2, 0.25) is 0 Å². The van der Waals surface area contributed by atoms with Crippen LogP contribution in [0.3, 0.4) is 0 Å². The first-order valence-corrected chi connectivity index (χ1v) is 9.96. The zero-order valence-electron chi connectivity index (χ0n) is 17.3. The van der Waals surface area contributed by atoms with Gasteiger partial charge in [-0.1, -0.05) is 5.16 Å². The Bertz CT molecular complexity index is 1100. The third-order valence-corrected chi connectivity index (χ3v) is 5.15. The number of benzene rings is 1. The van der Waals surface area contributed by atoms with E-state index in [0.717, 1.165) is 6.20 Å². The van der Waals surface area contributed by atoms with Gasteiger partial charge in [0.25, 0.3) is 0 Å². The van der Waals surface area contributed by atoms with Crippen LogP contribution in [0.15, 0.2) is 48.0 Å². The molecule has 0 spiro atoms. The van der Waals surface area contributed by atoms with Crippen molar-refractivity contribution in [3.8, 4) is 11.8 Å². The van der Waals surface area contributed by atoms with E-state index in [4.69, 9.17) is 15.2 Å². The second-order valence-corrected chi connectivity index (χ2v) is 7.13. The minimum atomic E-state index is -0.674. The molecule has 0 atom stereocenters. The number of aromatic nitrogens is 4. The van der Waals surface area contributed by atoms with Gasteiger partial charge in [-0.15, -0.1) is 0 Å². The minimum absolute atomic E-state index is 0.0648. The van der Waals surface area contributed by atoms with Gasteiger partial charge in [0.2, 0.25) is 0 Å². The predicted octanol–water partition coefficient (Wildman–Crippen LogP) is 2.27. The summed E-state index contributed by atoms with van der Waals surface area (Å²) in [7, 11) is 1.59. The van der Waals surface area contributed by atoms with Crippen LogP contribution in [0.4, 0.5) is 16.0 Å². The van der Waals surface area contributed by atoms with E-state index in [1.807, 2.05) is 0 Å². The molecule has 3 heterocycles. The van der Waals surface area contributed by atoms with Crippen LogP contribution < -0.4 is 20.1 Å². The van der Waals surface area contributed by atoms with Crippen LogP contribution in [0.25, 0.3) is 0 Å². The Kier molecular flexibility index (Phi) is 6.24. The molecule has 2 aromatic heterocycles. The summed E-state index contributed by atoms with van der Waals surface area (Å²) in [6, 6.07) is 9.00. The van der Waals surface area contributed by atoms with Gasteiger partial charge in [0.05, 0.1) is 19.0 Å². The lowest BCUT2D eigenvalue weighted by atomic mass is 10.1. The van der Waals surface area contributed by atoms with Crippen molar-refractivity contribution in [3.63, 3.8) is 0 Å². The van der Waals surface area contributed by atoms with Crippen LogP contribution in [0.1, 0.15) is 24.1 Å². The van der Waals surface area contributed by atoms with Crippen molar-refractivity contribution in [3.05, 3.63) is 59.9 Å². The smallest absolute Gasteiger partial charge is 0.318 e. The van der Waals surface area contributed by atoms with Crippen molar-refractivity contribution in [1.82, 2.24) is 19.9 Å². The standard InChI is InChI=1S/C21H22FN7O3/c1-31-14-4-2-13(3-5-14)19(28-30)17-10-18(26-12-25-17)29-8-6-15(7-9-29)32-21-24-11-16(22)20(23)27-21/h2-5,10-12,15,30H,6-9H2,1H3,(H2,23,24,27)/b28-19+. The molecule has 1 saturated heterocycles. The van der Waals surface area contributed by atoms with Crippen LogP contribution in [-0.2, 0) is 0 Å². The summed E-state index contributed by atoms with van der Waals surface area (Å²) in [6.45, 7) is 1.35. The molecule has 0 aliphatic carbocycles. The number of hydrogen-bond acceptors (Lipinski definition) is 10. The molecule has 0 bridgehead atoms. The molecule has 3 N–H and O–H groups in total. The first kappa shape index (κ1) is 21.2. The highest BCUT2D eigenvalue weighted by atomic mass is 19.1. The van der Waals surface area contributed by atoms with Crippen molar-refractivity contribution in [1.29, 1.82) is 0 Å². The summed E-state index contributed by atoms with van der Waals surface area (Å²) < 4.78 is 24.1. The van der Waals surface area contributed by atoms with Gasteiger partial charge in [-0.3, -0.25) is 0 Å². The number of nitrogens with two attached hydrogens (primary N) is 1. The highest BCUT2D eigenvalue weighted by molar-refractivity contribution is 6.11. The van der Waals surface area contributed by atoms with E-state index in [1.54, 1.807) is 37.4 Å². The number of nitrogen functional groups attached to an aromatic ring is 1. The first-order chi connectivity index (χ1) is 15.6. The maximum Gasteiger partial charge on any atom is 0.318 e. The van der Waals surface area contributed by atoms with Gasteiger partial charge in [-0.05, 0) is 24.3 Å². The van der Waals surface area contributed by atoms with E-state index in [1.165, 1.54) is 6.33 Å². The molecule has 0 unspecified atom stereocenters. The van der Waals surface area contributed by atoms with Crippen molar-refractivity contribution >= 4 is 17.3 Å². The monoisotopic (exact) mass is 439 g/mol. The molecule has 1 aliphatic rings. The van der Waals surface area contributed by atoms with Crippen molar-refractivity contribution in [2.75, 3.05) is 30.8 Å². The molecule has 0 radical (unpaired) electrons. The topological polar surface area (TPSA) is 132 Å². The summed E-state index contributed by atoms with van der Waals surface area (Å²) in [4.78, 5) is 18.4. The van der Waals surface area contributed by atoms with E-state index in [9.17, 15) is 9.60 Å². The zero-order chi connectivity index (χ0) is 22.5. The fourth-order valence-electron chi connectivity index (χ4n) is 3.43. The number of methoxy groups -OCH3 is 1. The van der Waals surface area contributed by atoms with E-state index in [2.05, 4.69) is 30.0 Å². The van der Waals surface area contributed by atoms with E-state index < -0.39 is 5.82 Å². The summed E-state index contributed by atoms with van der Waals surface area (Å²) in [5.74, 6) is 0.505. The Labute approximate surface area is 183 Å². The Morgan fingerprint density at radius 1 is 1.19 bits per heavy atom. The lowest BCUT2D eigenvalue weighted by Gasteiger charge is -2.32. The molecule has 3 aromatic rings. The first-order valence-electron chi connectivity index (χ1n) is 9.96. The van der Waals surface area contributed by atoms with Crippen molar-refractivity contribution < 1.29 is 19.1 Å². The van der Waals surface area contributed by atoms with Crippen molar-refractivity contribution in [2.45, 2.75) is 18.9 Å². The molecule has 10 nitrogen and oxygen atoms in total. The van der Waals surface area contributed by atoms with E-state index in [-0.39, 0.29) is 17.9 Å². The third kappa shape index (κ3) is 4.66. The molecule has 1 aromatic carbocycles. The fraction of sp³-hybridized carbons (Fsp3) is 0.286. The molecule has 1 fully saturated rings. The second-order valence-electron chi connectivity index (χ2n) is 7.13. The Balaban J connectivity index is 1.42. The number of oxime groups is 1. The van der Waals surface area contributed by atoms with Crippen molar-refractivity contribution in [2.24, 2.45) is 5.16 Å². The highest BCUT2D eigenvalue weighted by Gasteiger charge is 2.23. The van der Waals surface area contributed by atoms with Crippen LogP contribution in [0.5, 0.6) is 11.8 Å². The Morgan fingerprint density at radius 2 is 1.94 bits per heavy atom. The molecule has 11 heteroatoms. The summed E-state index contributed by atoms with van der Waals surface area (Å²) in [5.41, 5.74) is 7.00. The number of nitrogens with zero attached hydrogens (tertiary/aromatic N) is 6. The van der Waals surface area contributed by atoms with Crippen LogP contribution in [-0.4, -0.2) is 57.2 Å². The minimum Gasteiger partial charge on any atom is -0.497 e. The summed E-state index contributed by atoms with van der Waals surface area (Å²) >= 11 is 0. The molecular formula is C21H22FN7O3. The summed E-state index contributed by atoms with van der Waals surface area (Å²) in [6.07, 6.45) is 3.71. The second kappa shape index (κ2) is 9.41. The fourth-order valence-corrected chi connectivity index (χ4v) is 3.43. The van der Waals surface area contributed by atoms with E-state index in [0.29, 0.717) is 54.5 Å². The highest BCUT2D eigenvalue weighted by Crippen LogP contribution is 2.22. The van der Waals surface area contributed by atoms with Gasteiger partial charge in [-0.25, -0.2) is 19.3 Å². The zero-order valence-corrected chi connectivity index (χ0v) is 17.3. The normalized spacial score (nSPS) is 14.9.